The number of aryl methyl sites for hydroxylation is 1. The molecule has 0 atom stereocenters. The molecule has 1 aliphatic rings. The summed E-state index contributed by atoms with van der Waals surface area (Å²) < 4.78 is 0. The molecule has 1 aromatic rings. The first kappa shape index (κ1) is 10.3. The van der Waals surface area contributed by atoms with Gasteiger partial charge in [0, 0.05) is 23.7 Å². The molecule has 1 aliphatic heterocycles. The maximum absolute atomic E-state index is 8.65. The van der Waals surface area contributed by atoms with Crippen LogP contribution < -0.4 is 4.90 Å². The normalized spacial score (nSPS) is 15.3. The molecule has 1 saturated heterocycles. The zero-order valence-corrected chi connectivity index (χ0v) is 9.55. The molecule has 4 heteroatoms. The number of hydrogen-bond acceptors (Lipinski definition) is 4. The molecule has 0 amide bonds. The summed E-state index contributed by atoms with van der Waals surface area (Å²) in [5.74, 6) is 1.02. The van der Waals surface area contributed by atoms with Crippen LogP contribution >= 0.6 is 11.8 Å². The van der Waals surface area contributed by atoms with Gasteiger partial charge in [0.15, 0.2) is 0 Å². The minimum absolute atomic E-state index is 0.983. The van der Waals surface area contributed by atoms with Gasteiger partial charge >= 0.3 is 0 Å². The average Bonchev–Trinajstić information content (AvgIpc) is 2.70. The van der Waals surface area contributed by atoms with Crippen LogP contribution in [-0.2, 0) is 0 Å². The number of nitrogens with zero attached hydrogens (tertiary/aromatic N) is 3. The quantitative estimate of drug-likeness (QED) is 0.566. The van der Waals surface area contributed by atoms with E-state index in [4.69, 9.17) is 5.26 Å². The topological polar surface area (TPSA) is 39.9 Å². The van der Waals surface area contributed by atoms with E-state index in [0.29, 0.717) is 0 Å². The van der Waals surface area contributed by atoms with Crippen LogP contribution in [0.15, 0.2) is 17.0 Å². The lowest BCUT2D eigenvalue weighted by atomic mass is 10.3. The molecular formula is C11H13N3S. The van der Waals surface area contributed by atoms with Gasteiger partial charge in [0.1, 0.15) is 11.2 Å². The van der Waals surface area contributed by atoms with Crippen molar-refractivity contribution in [1.82, 2.24) is 4.98 Å². The van der Waals surface area contributed by atoms with E-state index in [1.165, 1.54) is 24.6 Å². The summed E-state index contributed by atoms with van der Waals surface area (Å²) in [6.07, 6.45) is 2.49. The minimum atomic E-state index is 0.983. The van der Waals surface area contributed by atoms with E-state index in [1.54, 1.807) is 0 Å². The number of hydrogen-bond donors (Lipinski definition) is 0. The third-order valence-electron chi connectivity index (χ3n) is 2.51. The molecule has 78 valence electrons. The molecule has 0 aromatic carbocycles. The van der Waals surface area contributed by atoms with Crippen molar-refractivity contribution in [2.75, 3.05) is 18.0 Å². The fourth-order valence-corrected chi connectivity index (χ4v) is 2.34. The highest BCUT2D eigenvalue weighted by Crippen LogP contribution is 2.24. The molecule has 0 spiro atoms. The Balaban J connectivity index is 2.26. The summed E-state index contributed by atoms with van der Waals surface area (Å²) in [6.45, 7) is 4.15. The number of anilines is 1. The lowest BCUT2D eigenvalue weighted by molar-refractivity contribution is 0.922. The fraction of sp³-hybridized carbons (Fsp3) is 0.455. The molecule has 3 nitrogen and oxygen atoms in total. The first-order valence-electron chi connectivity index (χ1n) is 5.09. The van der Waals surface area contributed by atoms with Crippen LogP contribution in [0, 0.1) is 17.6 Å². The predicted molar refractivity (Wildman–Crippen MR) is 61.9 cm³/mol. The van der Waals surface area contributed by atoms with Crippen molar-refractivity contribution in [3.05, 3.63) is 17.8 Å². The SMILES string of the molecule is Cc1cc(SC#N)cc(N2CCCC2)n1. The van der Waals surface area contributed by atoms with Gasteiger partial charge in [0.2, 0.25) is 0 Å². The smallest absolute Gasteiger partial charge is 0.138 e. The Bertz CT molecular complexity index is 391. The Morgan fingerprint density at radius 2 is 2.13 bits per heavy atom. The van der Waals surface area contributed by atoms with E-state index in [0.717, 1.165) is 29.5 Å². The number of rotatable bonds is 2. The van der Waals surface area contributed by atoms with E-state index in [2.05, 4.69) is 15.3 Å². The summed E-state index contributed by atoms with van der Waals surface area (Å²) in [5.41, 5.74) is 0.983. The molecule has 0 saturated carbocycles. The van der Waals surface area contributed by atoms with Crippen molar-refractivity contribution in [1.29, 1.82) is 5.26 Å². The van der Waals surface area contributed by atoms with Crippen molar-refractivity contribution >= 4 is 17.6 Å². The van der Waals surface area contributed by atoms with Crippen LogP contribution in [0.4, 0.5) is 5.82 Å². The van der Waals surface area contributed by atoms with E-state index >= 15 is 0 Å². The van der Waals surface area contributed by atoms with Crippen molar-refractivity contribution < 1.29 is 0 Å². The first-order valence-corrected chi connectivity index (χ1v) is 5.91. The molecule has 0 unspecified atom stereocenters. The van der Waals surface area contributed by atoms with Crippen LogP contribution in [0.2, 0.25) is 0 Å². The number of nitriles is 1. The zero-order valence-electron chi connectivity index (χ0n) is 8.73. The lowest BCUT2D eigenvalue weighted by Gasteiger charge is -2.17. The zero-order chi connectivity index (χ0) is 10.7. The van der Waals surface area contributed by atoms with Gasteiger partial charge in [-0.15, -0.1) is 0 Å². The predicted octanol–water partition coefficient (Wildman–Crippen LogP) is 2.56. The van der Waals surface area contributed by atoms with Crippen molar-refractivity contribution in [3.8, 4) is 5.40 Å². The number of aromatic nitrogens is 1. The number of pyridine rings is 1. The lowest BCUT2D eigenvalue weighted by Crippen LogP contribution is -2.19. The highest BCUT2D eigenvalue weighted by Gasteiger charge is 2.14. The summed E-state index contributed by atoms with van der Waals surface area (Å²) in [5, 5.41) is 10.7. The van der Waals surface area contributed by atoms with E-state index in [1.807, 2.05) is 19.1 Å². The standard InChI is InChI=1S/C11H13N3S/c1-9-6-10(15-8-12)7-11(13-9)14-4-2-3-5-14/h6-7H,2-5H2,1H3. The molecule has 15 heavy (non-hydrogen) atoms. The minimum Gasteiger partial charge on any atom is -0.357 e. The summed E-state index contributed by atoms with van der Waals surface area (Å²) in [6, 6.07) is 3.96. The molecule has 2 heterocycles. The molecule has 1 aromatic heterocycles. The van der Waals surface area contributed by atoms with Gasteiger partial charge < -0.3 is 4.90 Å². The maximum Gasteiger partial charge on any atom is 0.138 e. The first-order chi connectivity index (χ1) is 7.29. The second-order valence-corrected chi connectivity index (χ2v) is 4.55. The van der Waals surface area contributed by atoms with E-state index in [-0.39, 0.29) is 0 Å². The molecule has 1 fully saturated rings. The maximum atomic E-state index is 8.65. The Hall–Kier alpha value is -1.21. The Morgan fingerprint density at radius 1 is 1.40 bits per heavy atom. The highest BCUT2D eigenvalue weighted by molar-refractivity contribution is 8.03. The van der Waals surface area contributed by atoms with E-state index < -0.39 is 0 Å². The highest BCUT2D eigenvalue weighted by atomic mass is 32.2. The van der Waals surface area contributed by atoms with Gasteiger partial charge in [-0.05, 0) is 43.7 Å². The van der Waals surface area contributed by atoms with E-state index in [9.17, 15) is 0 Å². The Morgan fingerprint density at radius 3 is 2.80 bits per heavy atom. The Kier molecular flexibility index (Phi) is 3.12. The van der Waals surface area contributed by atoms with Crippen molar-refractivity contribution in [3.63, 3.8) is 0 Å². The largest absolute Gasteiger partial charge is 0.357 e. The number of thiocyanates is 1. The van der Waals surface area contributed by atoms with Crippen LogP contribution in [0.3, 0.4) is 0 Å². The van der Waals surface area contributed by atoms with Gasteiger partial charge in [-0.2, -0.15) is 5.26 Å². The van der Waals surface area contributed by atoms with Crippen LogP contribution in [0.1, 0.15) is 18.5 Å². The molecule has 0 bridgehead atoms. The molecule has 0 aliphatic carbocycles. The second kappa shape index (κ2) is 4.54. The fourth-order valence-electron chi connectivity index (χ4n) is 1.84. The van der Waals surface area contributed by atoms with Gasteiger partial charge in [-0.3, -0.25) is 0 Å². The third kappa shape index (κ3) is 2.42. The monoisotopic (exact) mass is 219 g/mol. The van der Waals surface area contributed by atoms with Crippen LogP contribution in [0.5, 0.6) is 0 Å². The number of thioether (sulfide) groups is 1. The summed E-state index contributed by atoms with van der Waals surface area (Å²) in [4.78, 5) is 7.78. The molecular weight excluding hydrogens is 206 g/mol. The molecule has 0 N–H and O–H groups in total. The van der Waals surface area contributed by atoms with Crippen molar-refractivity contribution in [2.24, 2.45) is 0 Å². The van der Waals surface area contributed by atoms with Gasteiger partial charge in [0.05, 0.1) is 0 Å². The average molecular weight is 219 g/mol. The van der Waals surface area contributed by atoms with Crippen molar-refractivity contribution in [2.45, 2.75) is 24.7 Å². The third-order valence-corrected chi connectivity index (χ3v) is 3.07. The van der Waals surface area contributed by atoms with Gasteiger partial charge in [0.25, 0.3) is 0 Å². The second-order valence-electron chi connectivity index (χ2n) is 3.69. The molecule has 0 radical (unpaired) electrons. The summed E-state index contributed by atoms with van der Waals surface area (Å²) in [7, 11) is 0. The van der Waals surface area contributed by atoms with Gasteiger partial charge in [-0.1, -0.05) is 0 Å². The van der Waals surface area contributed by atoms with Crippen LogP contribution in [-0.4, -0.2) is 18.1 Å². The van der Waals surface area contributed by atoms with Gasteiger partial charge in [-0.25, -0.2) is 4.98 Å². The van der Waals surface area contributed by atoms with Crippen LogP contribution in [0.25, 0.3) is 0 Å². The summed E-state index contributed by atoms with van der Waals surface area (Å²) >= 11 is 1.20. The molecule has 2 rings (SSSR count). The Labute approximate surface area is 94.1 Å².